The van der Waals surface area contributed by atoms with Crippen LogP contribution in [-0.2, 0) is 19.4 Å². The maximum atomic E-state index is 13.8. The molecule has 0 saturated heterocycles. The Morgan fingerprint density at radius 2 is 2.26 bits per heavy atom. The number of ether oxygens (including phenoxy) is 1. The molecule has 1 aliphatic heterocycles. The van der Waals surface area contributed by atoms with Crippen molar-refractivity contribution in [2.24, 2.45) is 0 Å². The SMILES string of the molecule is CCc1c(F)cccc1Oc1ncnc2c1CCN(C(=O)O)C2. The van der Waals surface area contributed by atoms with Crippen LogP contribution in [0.5, 0.6) is 11.6 Å². The van der Waals surface area contributed by atoms with Crippen LogP contribution < -0.4 is 4.74 Å². The highest BCUT2D eigenvalue weighted by Crippen LogP contribution is 2.31. The molecule has 1 N–H and O–H groups in total. The van der Waals surface area contributed by atoms with E-state index in [1.165, 1.54) is 17.3 Å². The minimum Gasteiger partial charge on any atom is -0.465 e. The first-order chi connectivity index (χ1) is 11.1. The van der Waals surface area contributed by atoms with Gasteiger partial charge < -0.3 is 14.7 Å². The third kappa shape index (κ3) is 2.94. The zero-order valence-corrected chi connectivity index (χ0v) is 12.6. The Morgan fingerprint density at radius 3 is 3.00 bits per heavy atom. The van der Waals surface area contributed by atoms with E-state index in [4.69, 9.17) is 9.84 Å². The smallest absolute Gasteiger partial charge is 0.407 e. The van der Waals surface area contributed by atoms with Crippen LogP contribution in [0.2, 0.25) is 0 Å². The molecule has 120 valence electrons. The van der Waals surface area contributed by atoms with Crippen LogP contribution in [0.3, 0.4) is 0 Å². The van der Waals surface area contributed by atoms with E-state index in [-0.39, 0.29) is 12.4 Å². The van der Waals surface area contributed by atoms with Gasteiger partial charge in [0.25, 0.3) is 0 Å². The highest BCUT2D eigenvalue weighted by atomic mass is 19.1. The topological polar surface area (TPSA) is 75.6 Å². The van der Waals surface area contributed by atoms with E-state index in [0.717, 1.165) is 5.56 Å². The van der Waals surface area contributed by atoms with E-state index >= 15 is 0 Å². The number of hydrogen-bond donors (Lipinski definition) is 1. The molecule has 0 atom stereocenters. The van der Waals surface area contributed by atoms with E-state index in [9.17, 15) is 9.18 Å². The monoisotopic (exact) mass is 317 g/mol. The average molecular weight is 317 g/mol. The van der Waals surface area contributed by atoms with Crippen molar-refractivity contribution < 1.29 is 19.0 Å². The van der Waals surface area contributed by atoms with Crippen molar-refractivity contribution in [2.75, 3.05) is 6.54 Å². The minimum absolute atomic E-state index is 0.202. The summed E-state index contributed by atoms with van der Waals surface area (Å²) >= 11 is 0. The molecule has 6 nitrogen and oxygen atoms in total. The summed E-state index contributed by atoms with van der Waals surface area (Å²) in [6, 6.07) is 4.68. The van der Waals surface area contributed by atoms with Crippen LogP contribution in [0.4, 0.5) is 9.18 Å². The van der Waals surface area contributed by atoms with Crippen LogP contribution in [-0.4, -0.2) is 32.6 Å². The van der Waals surface area contributed by atoms with Gasteiger partial charge in [0.05, 0.1) is 12.2 Å². The zero-order valence-electron chi connectivity index (χ0n) is 12.6. The van der Waals surface area contributed by atoms with Crippen molar-refractivity contribution in [3.05, 3.63) is 47.2 Å². The summed E-state index contributed by atoms with van der Waals surface area (Å²) in [6.45, 7) is 2.41. The normalized spacial score (nSPS) is 13.6. The molecule has 0 radical (unpaired) electrons. The van der Waals surface area contributed by atoms with E-state index in [1.807, 2.05) is 6.92 Å². The van der Waals surface area contributed by atoms with Crippen molar-refractivity contribution in [3.8, 4) is 11.6 Å². The van der Waals surface area contributed by atoms with E-state index in [0.29, 0.717) is 42.3 Å². The molecule has 0 spiro atoms. The number of amides is 1. The summed E-state index contributed by atoms with van der Waals surface area (Å²) in [5.74, 6) is 0.472. The van der Waals surface area contributed by atoms with Gasteiger partial charge in [-0.15, -0.1) is 0 Å². The lowest BCUT2D eigenvalue weighted by molar-refractivity contribution is 0.138. The van der Waals surface area contributed by atoms with Crippen molar-refractivity contribution in [1.82, 2.24) is 14.9 Å². The van der Waals surface area contributed by atoms with Gasteiger partial charge >= 0.3 is 6.09 Å². The summed E-state index contributed by atoms with van der Waals surface area (Å²) in [5, 5.41) is 9.08. The largest absolute Gasteiger partial charge is 0.465 e. The predicted octanol–water partition coefficient (Wildman–Crippen LogP) is 3.01. The summed E-state index contributed by atoms with van der Waals surface area (Å²) in [5.41, 5.74) is 1.89. The van der Waals surface area contributed by atoms with Crippen LogP contribution in [0.25, 0.3) is 0 Å². The molecule has 3 rings (SSSR count). The molecule has 2 heterocycles. The molecule has 0 unspecified atom stereocenters. The van der Waals surface area contributed by atoms with Crippen LogP contribution in [0.1, 0.15) is 23.7 Å². The molecule has 1 aromatic heterocycles. The minimum atomic E-state index is -0.977. The lowest BCUT2D eigenvalue weighted by Crippen LogP contribution is -2.35. The van der Waals surface area contributed by atoms with E-state index < -0.39 is 6.09 Å². The van der Waals surface area contributed by atoms with Gasteiger partial charge in [-0.1, -0.05) is 13.0 Å². The molecule has 0 saturated carbocycles. The number of hydrogen-bond acceptors (Lipinski definition) is 4. The second-order valence-corrected chi connectivity index (χ2v) is 5.23. The number of halogens is 1. The first-order valence-corrected chi connectivity index (χ1v) is 7.36. The van der Waals surface area contributed by atoms with Gasteiger partial charge in [-0.3, -0.25) is 0 Å². The highest BCUT2D eigenvalue weighted by molar-refractivity contribution is 5.65. The van der Waals surface area contributed by atoms with E-state index in [2.05, 4.69) is 9.97 Å². The second kappa shape index (κ2) is 6.20. The maximum absolute atomic E-state index is 13.8. The molecule has 0 aliphatic carbocycles. The number of rotatable bonds is 3. The number of benzene rings is 1. The first-order valence-electron chi connectivity index (χ1n) is 7.36. The number of fused-ring (bicyclic) bond motifs is 1. The summed E-state index contributed by atoms with van der Waals surface area (Å²) in [6.07, 6.45) is 1.33. The third-order valence-corrected chi connectivity index (χ3v) is 3.87. The molecule has 23 heavy (non-hydrogen) atoms. The summed E-state index contributed by atoms with van der Waals surface area (Å²) < 4.78 is 19.7. The summed E-state index contributed by atoms with van der Waals surface area (Å²) in [7, 11) is 0. The van der Waals surface area contributed by atoms with Gasteiger partial charge in [-0.25, -0.2) is 19.2 Å². The predicted molar refractivity (Wildman–Crippen MR) is 80.0 cm³/mol. The van der Waals surface area contributed by atoms with Gasteiger partial charge in [0.1, 0.15) is 17.9 Å². The van der Waals surface area contributed by atoms with Gasteiger partial charge in [-0.05, 0) is 25.0 Å². The molecule has 7 heteroatoms. The third-order valence-electron chi connectivity index (χ3n) is 3.87. The van der Waals surface area contributed by atoms with Crippen molar-refractivity contribution >= 4 is 6.09 Å². The Kier molecular flexibility index (Phi) is 4.10. The number of carboxylic acid groups (broad SMARTS) is 1. The van der Waals surface area contributed by atoms with Crippen LogP contribution in [0.15, 0.2) is 24.5 Å². The maximum Gasteiger partial charge on any atom is 0.407 e. The molecule has 1 aromatic carbocycles. The standard InChI is InChI=1S/C16H16FN3O3/c1-2-10-12(17)4-3-5-14(10)23-15-11-6-7-20(16(21)22)8-13(11)18-9-19-15/h3-5,9H,2,6-8H2,1H3,(H,21,22). The zero-order chi connectivity index (χ0) is 16.4. The van der Waals surface area contributed by atoms with Crippen molar-refractivity contribution in [1.29, 1.82) is 0 Å². The Morgan fingerprint density at radius 1 is 1.43 bits per heavy atom. The average Bonchev–Trinajstić information content (AvgIpc) is 2.55. The molecule has 1 amide bonds. The Labute approximate surface area is 132 Å². The van der Waals surface area contributed by atoms with Gasteiger partial charge in [0, 0.05) is 17.7 Å². The summed E-state index contributed by atoms with van der Waals surface area (Å²) in [4.78, 5) is 20.6. The van der Waals surface area contributed by atoms with Gasteiger partial charge in [-0.2, -0.15) is 0 Å². The second-order valence-electron chi connectivity index (χ2n) is 5.23. The molecule has 0 fully saturated rings. The van der Waals surface area contributed by atoms with Crippen LogP contribution >= 0.6 is 0 Å². The Balaban J connectivity index is 1.93. The highest BCUT2D eigenvalue weighted by Gasteiger charge is 2.25. The fourth-order valence-electron chi connectivity index (χ4n) is 2.66. The van der Waals surface area contributed by atoms with Crippen molar-refractivity contribution in [2.45, 2.75) is 26.3 Å². The molecule has 2 aromatic rings. The van der Waals surface area contributed by atoms with E-state index in [1.54, 1.807) is 12.1 Å². The molecular formula is C16H16FN3O3. The lowest BCUT2D eigenvalue weighted by atomic mass is 10.1. The molecule has 0 bridgehead atoms. The Hall–Kier alpha value is -2.70. The van der Waals surface area contributed by atoms with Crippen molar-refractivity contribution in [3.63, 3.8) is 0 Å². The fraction of sp³-hybridized carbons (Fsp3) is 0.312. The quantitative estimate of drug-likeness (QED) is 0.942. The van der Waals surface area contributed by atoms with Gasteiger partial charge in [0.15, 0.2) is 0 Å². The molecule has 1 aliphatic rings. The number of nitrogens with zero attached hydrogens (tertiary/aromatic N) is 3. The van der Waals surface area contributed by atoms with Gasteiger partial charge in [0.2, 0.25) is 5.88 Å². The Bertz CT molecular complexity index is 751. The number of carbonyl (C=O) groups is 1. The lowest BCUT2D eigenvalue weighted by Gasteiger charge is -2.26. The molecular weight excluding hydrogens is 301 g/mol. The fourth-order valence-corrected chi connectivity index (χ4v) is 2.66. The first kappa shape index (κ1) is 15.2. The number of aromatic nitrogens is 2. The van der Waals surface area contributed by atoms with Crippen LogP contribution in [0, 0.1) is 5.82 Å².